The first-order valence-corrected chi connectivity index (χ1v) is 7.04. The molecule has 1 aromatic rings. The highest BCUT2D eigenvalue weighted by molar-refractivity contribution is 9.10. The lowest BCUT2D eigenvalue weighted by atomic mass is 10.1. The molecule has 0 heterocycles. The Morgan fingerprint density at radius 3 is 2.76 bits per heavy atom. The van der Waals surface area contributed by atoms with Gasteiger partial charge in [0, 0.05) is 22.0 Å². The van der Waals surface area contributed by atoms with Gasteiger partial charge in [-0.1, -0.05) is 28.9 Å². The number of halogens is 2. The normalized spacial score (nSPS) is 12.2. The molecule has 17 heavy (non-hydrogen) atoms. The standard InChI is InChI=1S/C13H17BrClNO/c1-3-11(6-7-15)16-13(17)10-5-4-9(2)12(14)8-10/h4-5,8,11H,3,6-7H2,1-2H3,(H,16,17). The van der Waals surface area contributed by atoms with Crippen LogP contribution in [0.3, 0.4) is 0 Å². The van der Waals surface area contributed by atoms with Crippen molar-refractivity contribution >= 4 is 33.4 Å². The van der Waals surface area contributed by atoms with E-state index in [2.05, 4.69) is 21.2 Å². The van der Waals surface area contributed by atoms with Crippen LogP contribution in [-0.4, -0.2) is 17.8 Å². The van der Waals surface area contributed by atoms with Gasteiger partial charge in [-0.25, -0.2) is 0 Å². The molecular formula is C13H17BrClNO. The molecule has 0 aliphatic rings. The van der Waals surface area contributed by atoms with Gasteiger partial charge >= 0.3 is 0 Å². The molecule has 1 N–H and O–H groups in total. The Morgan fingerprint density at radius 1 is 1.53 bits per heavy atom. The molecule has 1 aromatic carbocycles. The topological polar surface area (TPSA) is 29.1 Å². The summed E-state index contributed by atoms with van der Waals surface area (Å²) in [6.45, 7) is 4.04. The molecule has 0 bridgehead atoms. The minimum Gasteiger partial charge on any atom is -0.349 e. The number of hydrogen-bond acceptors (Lipinski definition) is 1. The van der Waals surface area contributed by atoms with Crippen molar-refractivity contribution in [3.8, 4) is 0 Å². The molecule has 0 saturated heterocycles. The number of benzene rings is 1. The molecular weight excluding hydrogens is 302 g/mol. The van der Waals surface area contributed by atoms with E-state index in [9.17, 15) is 4.79 Å². The number of hydrogen-bond donors (Lipinski definition) is 1. The predicted octanol–water partition coefficient (Wildman–Crippen LogP) is 3.89. The highest BCUT2D eigenvalue weighted by atomic mass is 79.9. The fourth-order valence-electron chi connectivity index (χ4n) is 1.51. The smallest absolute Gasteiger partial charge is 0.251 e. The van der Waals surface area contributed by atoms with E-state index in [1.54, 1.807) is 0 Å². The highest BCUT2D eigenvalue weighted by Crippen LogP contribution is 2.17. The number of amides is 1. The third-order valence-electron chi connectivity index (χ3n) is 2.72. The first kappa shape index (κ1) is 14.5. The summed E-state index contributed by atoms with van der Waals surface area (Å²) in [6, 6.07) is 5.77. The lowest BCUT2D eigenvalue weighted by Gasteiger charge is -2.15. The Morgan fingerprint density at radius 2 is 2.24 bits per heavy atom. The van der Waals surface area contributed by atoms with Crippen LogP contribution < -0.4 is 5.32 Å². The monoisotopic (exact) mass is 317 g/mol. The third kappa shape index (κ3) is 4.32. The second-order valence-electron chi connectivity index (χ2n) is 4.02. The number of carbonyl (C=O) groups is 1. The van der Waals surface area contributed by atoms with Crippen molar-refractivity contribution in [1.82, 2.24) is 5.32 Å². The largest absolute Gasteiger partial charge is 0.349 e. The summed E-state index contributed by atoms with van der Waals surface area (Å²) in [5.74, 6) is 0.527. The Hall–Kier alpha value is -0.540. The van der Waals surface area contributed by atoms with Crippen molar-refractivity contribution in [2.24, 2.45) is 0 Å². The van der Waals surface area contributed by atoms with Gasteiger partial charge in [-0.05, 0) is 37.5 Å². The van der Waals surface area contributed by atoms with Crippen LogP contribution >= 0.6 is 27.5 Å². The van der Waals surface area contributed by atoms with Gasteiger partial charge in [0.2, 0.25) is 0 Å². The maximum absolute atomic E-state index is 12.0. The summed E-state index contributed by atoms with van der Waals surface area (Å²) < 4.78 is 0.954. The first-order valence-electron chi connectivity index (χ1n) is 5.71. The van der Waals surface area contributed by atoms with Gasteiger partial charge in [0.25, 0.3) is 5.91 Å². The van der Waals surface area contributed by atoms with E-state index < -0.39 is 0 Å². The van der Waals surface area contributed by atoms with Crippen molar-refractivity contribution in [3.05, 3.63) is 33.8 Å². The Balaban J connectivity index is 2.72. The van der Waals surface area contributed by atoms with E-state index >= 15 is 0 Å². The molecule has 1 amide bonds. The molecule has 94 valence electrons. The second kappa shape index (κ2) is 7.02. The fraction of sp³-hybridized carbons (Fsp3) is 0.462. The number of alkyl halides is 1. The Bertz CT molecular complexity index is 395. The highest BCUT2D eigenvalue weighted by Gasteiger charge is 2.12. The second-order valence-corrected chi connectivity index (χ2v) is 5.25. The zero-order valence-electron chi connectivity index (χ0n) is 10.1. The van der Waals surface area contributed by atoms with Gasteiger partial charge in [0.1, 0.15) is 0 Å². The van der Waals surface area contributed by atoms with E-state index in [0.29, 0.717) is 11.4 Å². The minimum absolute atomic E-state index is 0.0392. The summed E-state index contributed by atoms with van der Waals surface area (Å²) in [5.41, 5.74) is 1.80. The molecule has 0 saturated carbocycles. The minimum atomic E-state index is -0.0392. The van der Waals surface area contributed by atoms with Crippen LogP contribution in [0.5, 0.6) is 0 Å². The van der Waals surface area contributed by atoms with Crippen LogP contribution in [0.4, 0.5) is 0 Å². The summed E-state index contributed by atoms with van der Waals surface area (Å²) in [5, 5.41) is 2.99. The van der Waals surface area contributed by atoms with E-state index in [0.717, 1.165) is 22.9 Å². The third-order valence-corrected chi connectivity index (χ3v) is 3.79. The molecule has 1 atom stereocenters. The van der Waals surface area contributed by atoms with Crippen LogP contribution in [0.25, 0.3) is 0 Å². The molecule has 1 rings (SSSR count). The van der Waals surface area contributed by atoms with Gasteiger partial charge < -0.3 is 5.32 Å². The maximum Gasteiger partial charge on any atom is 0.251 e. The summed E-state index contributed by atoms with van der Waals surface area (Å²) >= 11 is 9.12. The quantitative estimate of drug-likeness (QED) is 0.820. The molecule has 0 aliphatic heterocycles. The molecule has 0 aromatic heterocycles. The van der Waals surface area contributed by atoms with Crippen LogP contribution in [0, 0.1) is 6.92 Å². The van der Waals surface area contributed by atoms with Gasteiger partial charge in [-0.3, -0.25) is 4.79 Å². The average Bonchev–Trinajstić information content (AvgIpc) is 2.31. The van der Waals surface area contributed by atoms with Crippen molar-refractivity contribution in [2.45, 2.75) is 32.7 Å². The molecule has 0 fully saturated rings. The van der Waals surface area contributed by atoms with Gasteiger partial charge in [-0.2, -0.15) is 0 Å². The molecule has 1 unspecified atom stereocenters. The number of carbonyl (C=O) groups excluding carboxylic acids is 1. The SMILES string of the molecule is CCC(CCCl)NC(=O)c1ccc(C)c(Br)c1. The van der Waals surface area contributed by atoms with Crippen molar-refractivity contribution in [1.29, 1.82) is 0 Å². The van der Waals surface area contributed by atoms with E-state index in [4.69, 9.17) is 11.6 Å². The molecule has 0 radical (unpaired) electrons. The Labute approximate surface area is 116 Å². The lowest BCUT2D eigenvalue weighted by Crippen LogP contribution is -2.34. The predicted molar refractivity (Wildman–Crippen MR) is 75.8 cm³/mol. The zero-order valence-corrected chi connectivity index (χ0v) is 12.4. The molecule has 0 aliphatic carbocycles. The number of nitrogens with one attached hydrogen (secondary N) is 1. The van der Waals surface area contributed by atoms with Crippen LogP contribution in [-0.2, 0) is 0 Å². The summed E-state index contributed by atoms with van der Waals surface area (Å²) in [7, 11) is 0. The van der Waals surface area contributed by atoms with Gasteiger partial charge in [0.05, 0.1) is 0 Å². The van der Waals surface area contributed by atoms with Crippen LogP contribution in [0.15, 0.2) is 22.7 Å². The fourth-order valence-corrected chi connectivity index (χ4v) is 2.16. The van der Waals surface area contributed by atoms with E-state index in [1.165, 1.54) is 0 Å². The van der Waals surface area contributed by atoms with Crippen molar-refractivity contribution < 1.29 is 4.79 Å². The average molecular weight is 319 g/mol. The van der Waals surface area contributed by atoms with Gasteiger partial charge in [-0.15, -0.1) is 11.6 Å². The van der Waals surface area contributed by atoms with Crippen molar-refractivity contribution in [2.75, 3.05) is 5.88 Å². The number of rotatable bonds is 5. The van der Waals surface area contributed by atoms with Gasteiger partial charge in [0.15, 0.2) is 0 Å². The summed E-state index contributed by atoms with van der Waals surface area (Å²) in [6.07, 6.45) is 1.70. The van der Waals surface area contributed by atoms with E-state index in [1.807, 2.05) is 32.0 Å². The Kier molecular flexibility index (Phi) is 6.00. The maximum atomic E-state index is 12.0. The lowest BCUT2D eigenvalue weighted by molar-refractivity contribution is 0.0935. The molecule has 2 nitrogen and oxygen atoms in total. The zero-order chi connectivity index (χ0) is 12.8. The molecule has 0 spiro atoms. The van der Waals surface area contributed by atoms with E-state index in [-0.39, 0.29) is 11.9 Å². The van der Waals surface area contributed by atoms with Crippen LogP contribution in [0.1, 0.15) is 35.7 Å². The number of aryl methyl sites for hydroxylation is 1. The molecule has 4 heteroatoms. The van der Waals surface area contributed by atoms with Crippen LogP contribution in [0.2, 0.25) is 0 Å². The summed E-state index contributed by atoms with van der Waals surface area (Å²) in [4.78, 5) is 12.0. The van der Waals surface area contributed by atoms with Crippen molar-refractivity contribution in [3.63, 3.8) is 0 Å². The first-order chi connectivity index (χ1) is 8.08.